The molecule has 2 N–H and O–H groups in total. The molecular formula is C22H23FN6O4S. The second-order valence-electron chi connectivity index (χ2n) is 7.59. The molecule has 1 atom stereocenters. The largest absolute Gasteiger partial charge is 0.479 e. The topological polar surface area (TPSA) is 127 Å². The summed E-state index contributed by atoms with van der Waals surface area (Å²) in [6, 6.07) is 3.77. The van der Waals surface area contributed by atoms with Crippen molar-refractivity contribution in [1.29, 1.82) is 0 Å². The third-order valence-electron chi connectivity index (χ3n) is 4.59. The lowest BCUT2D eigenvalue weighted by atomic mass is 10.2. The van der Waals surface area contributed by atoms with Gasteiger partial charge in [0, 0.05) is 34.5 Å². The third-order valence-corrected chi connectivity index (χ3v) is 5.20. The van der Waals surface area contributed by atoms with Gasteiger partial charge in [-0.1, -0.05) is 5.92 Å². The average Bonchev–Trinajstić information content (AvgIpc) is 3.10. The summed E-state index contributed by atoms with van der Waals surface area (Å²) in [6.45, 7) is 3.22. The first-order valence-corrected chi connectivity index (χ1v) is 12.3. The minimum Gasteiger partial charge on any atom is -0.479 e. The molecule has 0 aliphatic rings. The van der Waals surface area contributed by atoms with Crippen LogP contribution >= 0.6 is 0 Å². The molecule has 0 spiro atoms. The number of anilines is 2. The molecule has 0 bridgehead atoms. The molecule has 0 unspecified atom stereocenters. The Kier molecular flexibility index (Phi) is 7.17. The van der Waals surface area contributed by atoms with E-state index in [9.17, 15) is 18.2 Å². The van der Waals surface area contributed by atoms with Crippen LogP contribution in [-0.4, -0.2) is 55.8 Å². The van der Waals surface area contributed by atoms with Gasteiger partial charge in [0.15, 0.2) is 11.9 Å². The van der Waals surface area contributed by atoms with Crippen molar-refractivity contribution in [1.82, 2.24) is 19.9 Å². The molecule has 0 aliphatic carbocycles. The molecule has 3 aromatic rings. The monoisotopic (exact) mass is 486 g/mol. The molecule has 0 saturated carbocycles. The summed E-state index contributed by atoms with van der Waals surface area (Å²) in [4.78, 5) is 28.9. The van der Waals surface area contributed by atoms with E-state index in [1.807, 2.05) is 0 Å². The molecule has 2 aromatic heterocycles. The van der Waals surface area contributed by atoms with Crippen molar-refractivity contribution < 1.29 is 22.9 Å². The molecule has 0 fully saturated rings. The Bertz CT molecular complexity index is 1430. The van der Waals surface area contributed by atoms with Crippen LogP contribution in [0.25, 0.3) is 5.52 Å². The van der Waals surface area contributed by atoms with Crippen LogP contribution in [0.5, 0.6) is 5.75 Å². The molecule has 12 heteroatoms. The van der Waals surface area contributed by atoms with E-state index < -0.39 is 33.5 Å². The van der Waals surface area contributed by atoms with E-state index in [-0.39, 0.29) is 17.9 Å². The van der Waals surface area contributed by atoms with Crippen molar-refractivity contribution in [3.63, 3.8) is 0 Å². The van der Waals surface area contributed by atoms with Crippen molar-refractivity contribution in [3.05, 3.63) is 47.7 Å². The number of fused-ring (bicyclic) bond motifs is 1. The summed E-state index contributed by atoms with van der Waals surface area (Å²) >= 11 is 0. The van der Waals surface area contributed by atoms with Gasteiger partial charge >= 0.3 is 0 Å². The zero-order chi connectivity index (χ0) is 25.0. The molecule has 2 heterocycles. The minimum absolute atomic E-state index is 0.0333. The Morgan fingerprint density at radius 2 is 2.12 bits per heavy atom. The predicted octanol–water partition coefficient (Wildman–Crippen LogP) is 2.30. The summed E-state index contributed by atoms with van der Waals surface area (Å²) in [6.07, 6.45) is 9.66. The highest BCUT2D eigenvalue weighted by atomic mass is 32.2. The standard InChI is InChI=1S/C22H23FN6O4S/c1-6-9-24-21(30)14(3)33-18-10-15(23)7-8-17(18)27-20-19-13(2)16(11-29(19)26-12-25-20)22(31)28-34(4,5)32/h1,7-8,10-12,14H,9H2,2-5H3,(H,24,30)(H,25,26,27)/t14-/m1/s1. The smallest absolute Gasteiger partial charge is 0.286 e. The van der Waals surface area contributed by atoms with Crippen LogP contribution in [0.1, 0.15) is 22.8 Å². The zero-order valence-electron chi connectivity index (χ0n) is 19.0. The van der Waals surface area contributed by atoms with Crippen LogP contribution in [-0.2, 0) is 14.5 Å². The molecule has 10 nitrogen and oxygen atoms in total. The normalized spacial score (nSPS) is 12.0. The summed E-state index contributed by atoms with van der Waals surface area (Å²) in [5.41, 5.74) is 1.50. The Hall–Kier alpha value is -3.98. The van der Waals surface area contributed by atoms with Crippen LogP contribution in [0.3, 0.4) is 0 Å². The van der Waals surface area contributed by atoms with Gasteiger partial charge in [0.05, 0.1) is 17.8 Å². The van der Waals surface area contributed by atoms with E-state index in [1.165, 1.54) is 48.6 Å². The van der Waals surface area contributed by atoms with Gasteiger partial charge in [-0.3, -0.25) is 9.59 Å². The van der Waals surface area contributed by atoms with E-state index in [2.05, 4.69) is 31.0 Å². The van der Waals surface area contributed by atoms with Crippen LogP contribution < -0.4 is 15.4 Å². The first-order chi connectivity index (χ1) is 16.0. The molecule has 3 rings (SSSR count). The van der Waals surface area contributed by atoms with Crippen LogP contribution in [0, 0.1) is 25.1 Å². The number of amides is 2. The van der Waals surface area contributed by atoms with Gasteiger partial charge in [-0.15, -0.1) is 6.42 Å². The van der Waals surface area contributed by atoms with Gasteiger partial charge in [-0.25, -0.2) is 18.1 Å². The molecule has 2 amide bonds. The molecule has 1 aromatic carbocycles. The number of benzene rings is 1. The van der Waals surface area contributed by atoms with Crippen LogP contribution in [0.2, 0.25) is 0 Å². The second-order valence-corrected chi connectivity index (χ2v) is 10.1. The van der Waals surface area contributed by atoms with Gasteiger partial charge in [-0.05, 0) is 31.5 Å². The lowest BCUT2D eigenvalue weighted by Crippen LogP contribution is -2.36. The maximum Gasteiger partial charge on any atom is 0.286 e. The Labute approximate surface area is 196 Å². The van der Waals surface area contributed by atoms with Crippen molar-refractivity contribution in [2.75, 3.05) is 24.4 Å². The molecule has 0 radical (unpaired) electrons. The number of carbonyl (C=O) groups is 2. The van der Waals surface area contributed by atoms with Crippen molar-refractivity contribution in [3.8, 4) is 18.1 Å². The molecule has 34 heavy (non-hydrogen) atoms. The Morgan fingerprint density at radius 1 is 1.38 bits per heavy atom. The number of ether oxygens (including phenoxy) is 1. The molecule has 0 saturated heterocycles. The summed E-state index contributed by atoms with van der Waals surface area (Å²) in [5.74, 6) is 0.978. The highest BCUT2D eigenvalue weighted by Gasteiger charge is 2.21. The third kappa shape index (κ3) is 5.68. The maximum atomic E-state index is 13.9. The number of carbonyl (C=O) groups excluding carboxylic acids is 2. The molecular weight excluding hydrogens is 463 g/mol. The second kappa shape index (κ2) is 9.88. The van der Waals surface area contributed by atoms with E-state index in [0.717, 1.165) is 6.07 Å². The number of hydrogen-bond donors (Lipinski definition) is 2. The predicted molar refractivity (Wildman–Crippen MR) is 126 cm³/mol. The fourth-order valence-corrected chi connectivity index (χ4v) is 3.56. The number of aromatic nitrogens is 3. The highest BCUT2D eigenvalue weighted by Crippen LogP contribution is 2.32. The fraction of sp³-hybridized carbons (Fsp3) is 0.273. The first-order valence-electron chi connectivity index (χ1n) is 9.99. The maximum absolute atomic E-state index is 13.9. The molecule has 178 valence electrons. The van der Waals surface area contributed by atoms with Crippen molar-refractivity contribution >= 4 is 38.6 Å². The fourth-order valence-electron chi connectivity index (χ4n) is 3.07. The Balaban J connectivity index is 1.99. The SMILES string of the molecule is C#CCNC(=O)[C@@H](C)Oc1cc(F)ccc1Nc1ncnn2cc(C(=O)N=S(C)(C)=O)c(C)c12. The van der Waals surface area contributed by atoms with Crippen LogP contribution in [0.15, 0.2) is 35.1 Å². The lowest BCUT2D eigenvalue weighted by molar-refractivity contribution is -0.126. The van der Waals surface area contributed by atoms with Crippen molar-refractivity contribution in [2.24, 2.45) is 4.36 Å². The number of nitrogens with one attached hydrogen (secondary N) is 2. The van der Waals surface area contributed by atoms with Gasteiger partial charge in [-0.2, -0.15) is 9.46 Å². The van der Waals surface area contributed by atoms with Gasteiger partial charge < -0.3 is 15.4 Å². The number of hydrogen-bond acceptors (Lipinski definition) is 7. The summed E-state index contributed by atoms with van der Waals surface area (Å²) in [5, 5.41) is 9.66. The highest BCUT2D eigenvalue weighted by molar-refractivity contribution is 7.92. The quantitative estimate of drug-likeness (QED) is 0.491. The number of aryl methyl sites for hydroxylation is 1. The van der Waals surface area contributed by atoms with E-state index in [0.29, 0.717) is 22.6 Å². The number of rotatable bonds is 7. The Morgan fingerprint density at radius 3 is 2.79 bits per heavy atom. The van der Waals surface area contributed by atoms with Crippen molar-refractivity contribution in [2.45, 2.75) is 20.0 Å². The summed E-state index contributed by atoms with van der Waals surface area (Å²) < 4.78 is 36.7. The number of halogens is 1. The van der Waals surface area contributed by atoms with Crippen LogP contribution in [0.4, 0.5) is 15.9 Å². The van der Waals surface area contributed by atoms with Gasteiger partial charge in [0.25, 0.3) is 11.8 Å². The number of nitrogens with zero attached hydrogens (tertiary/aromatic N) is 4. The minimum atomic E-state index is -2.65. The summed E-state index contributed by atoms with van der Waals surface area (Å²) in [7, 11) is -2.65. The zero-order valence-corrected chi connectivity index (χ0v) is 19.8. The van der Waals surface area contributed by atoms with E-state index in [1.54, 1.807) is 6.92 Å². The van der Waals surface area contributed by atoms with E-state index in [4.69, 9.17) is 11.2 Å². The molecule has 0 aliphatic heterocycles. The first kappa shape index (κ1) is 24.7. The lowest BCUT2D eigenvalue weighted by Gasteiger charge is -2.18. The van der Waals surface area contributed by atoms with Gasteiger partial charge in [0.2, 0.25) is 0 Å². The van der Waals surface area contributed by atoms with E-state index >= 15 is 0 Å². The number of terminal acetylenes is 1. The average molecular weight is 487 g/mol. The van der Waals surface area contributed by atoms with Gasteiger partial charge in [0.1, 0.15) is 23.4 Å².